The number of Topliss-reactive ketones (excluding diaryl/α,β-unsaturated/α-hetero) is 1. The largest absolute Gasteiger partial charge is 0.493 e. The fraction of sp³-hybridized carbons (Fsp3) is 0.280. The minimum Gasteiger partial charge on any atom is -0.493 e. The molecule has 31 heavy (non-hydrogen) atoms. The maximum absolute atomic E-state index is 12.6. The fourth-order valence-electron chi connectivity index (χ4n) is 3.45. The normalized spacial score (nSPS) is 10.5. The van der Waals surface area contributed by atoms with Gasteiger partial charge in [-0.2, -0.15) is 0 Å². The summed E-state index contributed by atoms with van der Waals surface area (Å²) in [6.07, 6.45) is 0.875. The SMILES string of the molecule is COc1ccccc1OCC(=O)OCC(=O)c1cc(C)n(CCc2ccccc2)c1C. The summed E-state index contributed by atoms with van der Waals surface area (Å²) in [6, 6.07) is 19.1. The second-order valence-corrected chi connectivity index (χ2v) is 7.20. The number of carbonyl (C=O) groups is 2. The van der Waals surface area contributed by atoms with E-state index in [0.717, 1.165) is 24.4 Å². The summed E-state index contributed by atoms with van der Waals surface area (Å²) >= 11 is 0. The maximum Gasteiger partial charge on any atom is 0.344 e. The predicted octanol–water partition coefficient (Wildman–Crippen LogP) is 4.16. The standard InChI is InChI=1S/C25H27NO5/c1-18-15-21(19(2)26(18)14-13-20-9-5-4-6-10-20)22(27)16-31-25(28)17-30-24-12-8-7-11-23(24)29-3/h4-12,15H,13-14,16-17H2,1-3H3. The Balaban J connectivity index is 1.53. The number of aryl methyl sites for hydroxylation is 2. The quantitative estimate of drug-likeness (QED) is 0.363. The third-order valence-corrected chi connectivity index (χ3v) is 5.12. The highest BCUT2D eigenvalue weighted by atomic mass is 16.6. The van der Waals surface area contributed by atoms with Crippen molar-refractivity contribution in [3.8, 4) is 11.5 Å². The highest BCUT2D eigenvalue weighted by Gasteiger charge is 2.18. The number of methoxy groups -OCH3 is 1. The number of aromatic nitrogens is 1. The fourth-order valence-corrected chi connectivity index (χ4v) is 3.45. The third-order valence-electron chi connectivity index (χ3n) is 5.12. The van der Waals surface area contributed by atoms with Crippen LogP contribution >= 0.6 is 0 Å². The van der Waals surface area contributed by atoms with Crippen molar-refractivity contribution < 1.29 is 23.8 Å². The molecule has 6 heteroatoms. The first kappa shape index (κ1) is 22.2. The van der Waals surface area contributed by atoms with E-state index in [2.05, 4.69) is 16.7 Å². The van der Waals surface area contributed by atoms with Gasteiger partial charge in [0.1, 0.15) is 0 Å². The Kier molecular flexibility index (Phi) is 7.49. The number of ether oxygens (including phenoxy) is 3. The number of ketones is 1. The molecule has 0 atom stereocenters. The molecule has 0 unspecified atom stereocenters. The van der Waals surface area contributed by atoms with Gasteiger partial charge in [-0.15, -0.1) is 0 Å². The number of carbonyl (C=O) groups excluding carboxylic acids is 2. The van der Waals surface area contributed by atoms with Crippen molar-refractivity contribution in [2.75, 3.05) is 20.3 Å². The summed E-state index contributed by atoms with van der Waals surface area (Å²) in [7, 11) is 1.52. The van der Waals surface area contributed by atoms with E-state index in [1.54, 1.807) is 24.3 Å². The summed E-state index contributed by atoms with van der Waals surface area (Å²) in [5, 5.41) is 0. The number of rotatable bonds is 10. The minimum atomic E-state index is -0.614. The highest BCUT2D eigenvalue weighted by molar-refractivity contribution is 5.99. The van der Waals surface area contributed by atoms with Crippen molar-refractivity contribution in [3.05, 3.63) is 83.2 Å². The molecule has 3 aromatic rings. The monoisotopic (exact) mass is 421 g/mol. The minimum absolute atomic E-state index is 0.232. The first-order valence-electron chi connectivity index (χ1n) is 10.1. The Bertz CT molecular complexity index is 1040. The Hall–Kier alpha value is -3.54. The summed E-state index contributed by atoms with van der Waals surface area (Å²) in [5.74, 6) is 0.117. The van der Waals surface area contributed by atoms with E-state index in [0.29, 0.717) is 17.1 Å². The van der Waals surface area contributed by atoms with Crippen LogP contribution in [0.25, 0.3) is 0 Å². The third kappa shape index (κ3) is 5.75. The van der Waals surface area contributed by atoms with Gasteiger partial charge in [0.2, 0.25) is 5.78 Å². The molecular weight excluding hydrogens is 394 g/mol. The van der Waals surface area contributed by atoms with Crippen molar-refractivity contribution in [3.63, 3.8) is 0 Å². The molecule has 0 aliphatic heterocycles. The zero-order valence-electron chi connectivity index (χ0n) is 18.1. The second kappa shape index (κ2) is 10.5. The van der Waals surface area contributed by atoms with Gasteiger partial charge in [-0.05, 0) is 44.0 Å². The zero-order chi connectivity index (χ0) is 22.2. The Morgan fingerprint density at radius 2 is 1.58 bits per heavy atom. The number of para-hydroxylation sites is 2. The van der Waals surface area contributed by atoms with Crippen LogP contribution in [0.3, 0.4) is 0 Å². The molecule has 3 rings (SSSR count). The summed E-state index contributed by atoms with van der Waals surface area (Å²) in [5.41, 5.74) is 3.69. The van der Waals surface area contributed by atoms with Crippen LogP contribution in [-0.4, -0.2) is 36.6 Å². The molecule has 0 spiro atoms. The van der Waals surface area contributed by atoms with Gasteiger partial charge in [-0.3, -0.25) is 4.79 Å². The predicted molar refractivity (Wildman–Crippen MR) is 118 cm³/mol. The van der Waals surface area contributed by atoms with Crippen LogP contribution in [-0.2, 0) is 22.5 Å². The van der Waals surface area contributed by atoms with E-state index < -0.39 is 5.97 Å². The molecule has 0 radical (unpaired) electrons. The van der Waals surface area contributed by atoms with Crippen LogP contribution in [0.15, 0.2) is 60.7 Å². The van der Waals surface area contributed by atoms with Crippen LogP contribution in [0.4, 0.5) is 0 Å². The lowest BCUT2D eigenvalue weighted by molar-refractivity contribution is -0.144. The average molecular weight is 421 g/mol. The lowest BCUT2D eigenvalue weighted by Gasteiger charge is -2.11. The number of esters is 1. The van der Waals surface area contributed by atoms with Crippen LogP contribution in [0.5, 0.6) is 11.5 Å². The molecular formula is C25H27NO5. The first-order valence-corrected chi connectivity index (χ1v) is 10.1. The summed E-state index contributed by atoms with van der Waals surface area (Å²) in [4.78, 5) is 24.7. The lowest BCUT2D eigenvalue weighted by atomic mass is 10.1. The molecule has 6 nitrogen and oxygen atoms in total. The number of hydrogen-bond donors (Lipinski definition) is 0. The van der Waals surface area contributed by atoms with Gasteiger partial charge in [0.25, 0.3) is 0 Å². The van der Waals surface area contributed by atoms with Gasteiger partial charge in [-0.25, -0.2) is 4.79 Å². The molecule has 1 aromatic heterocycles. The molecule has 0 amide bonds. The van der Waals surface area contributed by atoms with E-state index >= 15 is 0 Å². The molecule has 0 bridgehead atoms. The van der Waals surface area contributed by atoms with Crippen molar-refractivity contribution in [1.82, 2.24) is 4.57 Å². The lowest BCUT2D eigenvalue weighted by Crippen LogP contribution is -2.20. The van der Waals surface area contributed by atoms with Crippen molar-refractivity contribution in [2.45, 2.75) is 26.8 Å². The average Bonchev–Trinajstić information content (AvgIpc) is 3.08. The number of benzene rings is 2. The molecule has 0 aliphatic rings. The van der Waals surface area contributed by atoms with Crippen LogP contribution in [0, 0.1) is 13.8 Å². The van der Waals surface area contributed by atoms with Crippen LogP contribution in [0.1, 0.15) is 27.3 Å². The van der Waals surface area contributed by atoms with E-state index in [1.807, 2.05) is 38.1 Å². The van der Waals surface area contributed by atoms with Gasteiger partial charge in [0.05, 0.1) is 7.11 Å². The van der Waals surface area contributed by atoms with Crippen molar-refractivity contribution in [1.29, 1.82) is 0 Å². The highest BCUT2D eigenvalue weighted by Crippen LogP contribution is 2.25. The van der Waals surface area contributed by atoms with Gasteiger partial charge in [0, 0.05) is 23.5 Å². The summed E-state index contributed by atoms with van der Waals surface area (Å²) < 4.78 is 17.8. The van der Waals surface area contributed by atoms with Gasteiger partial charge in [-0.1, -0.05) is 42.5 Å². The molecule has 1 heterocycles. The molecule has 0 aliphatic carbocycles. The topological polar surface area (TPSA) is 66.8 Å². The van der Waals surface area contributed by atoms with E-state index in [1.165, 1.54) is 12.7 Å². The molecule has 0 saturated heterocycles. The zero-order valence-corrected chi connectivity index (χ0v) is 18.1. The van der Waals surface area contributed by atoms with Crippen LogP contribution in [0.2, 0.25) is 0 Å². The first-order chi connectivity index (χ1) is 15.0. The number of hydrogen-bond acceptors (Lipinski definition) is 5. The molecule has 2 aromatic carbocycles. The van der Waals surface area contributed by atoms with Gasteiger partial charge >= 0.3 is 5.97 Å². The van der Waals surface area contributed by atoms with E-state index in [9.17, 15) is 9.59 Å². The van der Waals surface area contributed by atoms with Crippen molar-refractivity contribution >= 4 is 11.8 Å². The number of nitrogens with zero attached hydrogens (tertiary/aromatic N) is 1. The second-order valence-electron chi connectivity index (χ2n) is 7.20. The molecule has 0 N–H and O–H groups in total. The van der Waals surface area contributed by atoms with E-state index in [4.69, 9.17) is 14.2 Å². The maximum atomic E-state index is 12.6. The smallest absolute Gasteiger partial charge is 0.344 e. The van der Waals surface area contributed by atoms with Crippen LogP contribution < -0.4 is 9.47 Å². The Morgan fingerprint density at radius 3 is 2.29 bits per heavy atom. The molecule has 162 valence electrons. The van der Waals surface area contributed by atoms with Gasteiger partial charge in [0.15, 0.2) is 24.7 Å². The summed E-state index contributed by atoms with van der Waals surface area (Å²) in [6.45, 7) is 4.04. The molecule has 0 fully saturated rings. The van der Waals surface area contributed by atoms with Crippen molar-refractivity contribution in [2.24, 2.45) is 0 Å². The molecule has 0 saturated carbocycles. The van der Waals surface area contributed by atoms with E-state index in [-0.39, 0.29) is 19.0 Å². The Labute approximate surface area is 182 Å². The Morgan fingerprint density at radius 1 is 0.903 bits per heavy atom. The van der Waals surface area contributed by atoms with Gasteiger partial charge < -0.3 is 18.8 Å².